The van der Waals surface area contributed by atoms with E-state index in [-0.39, 0.29) is 11.8 Å². The molecule has 0 aliphatic heterocycles. The molecule has 4 saturated carbocycles. The van der Waals surface area contributed by atoms with Crippen LogP contribution in [-0.4, -0.2) is 26.5 Å². The van der Waals surface area contributed by atoms with Crippen LogP contribution in [0.2, 0.25) is 0 Å². The molecule has 0 saturated heterocycles. The zero-order chi connectivity index (χ0) is 15.5. The van der Waals surface area contributed by atoms with Gasteiger partial charge in [0.2, 0.25) is 0 Å². The molecule has 0 radical (unpaired) electrons. The molecular weight excluding hydrogens is 282 g/mol. The van der Waals surface area contributed by atoms with Gasteiger partial charge in [0.05, 0.1) is 0 Å². The van der Waals surface area contributed by atoms with Crippen molar-refractivity contribution in [3.05, 3.63) is 0 Å². The molecule has 4 fully saturated rings. The molecule has 4 rings (SSSR count). The SMILES string of the molecule is CC12CC3CC(C)(C1)CC(C(N)CCCS(C)(=O)=O)(C3)C2. The zero-order valence-corrected chi connectivity index (χ0v) is 14.6. The van der Waals surface area contributed by atoms with Crippen LogP contribution in [-0.2, 0) is 9.84 Å². The summed E-state index contributed by atoms with van der Waals surface area (Å²) in [6, 6.07) is 0.182. The number of nitrogens with two attached hydrogens (primary N) is 1. The molecule has 3 unspecified atom stereocenters. The second kappa shape index (κ2) is 4.70. The molecule has 4 heteroatoms. The monoisotopic (exact) mass is 313 g/mol. The summed E-state index contributed by atoms with van der Waals surface area (Å²) < 4.78 is 22.6. The van der Waals surface area contributed by atoms with Crippen LogP contribution in [0.5, 0.6) is 0 Å². The summed E-state index contributed by atoms with van der Waals surface area (Å²) in [7, 11) is -2.86. The molecule has 3 nitrogen and oxygen atoms in total. The molecule has 2 N–H and O–H groups in total. The minimum absolute atomic E-state index is 0.182. The minimum atomic E-state index is -2.86. The van der Waals surface area contributed by atoms with E-state index in [1.54, 1.807) is 0 Å². The van der Waals surface area contributed by atoms with Crippen molar-refractivity contribution in [3.8, 4) is 0 Å². The van der Waals surface area contributed by atoms with Gasteiger partial charge >= 0.3 is 0 Å². The van der Waals surface area contributed by atoms with Crippen LogP contribution in [0.25, 0.3) is 0 Å². The van der Waals surface area contributed by atoms with Crippen molar-refractivity contribution < 1.29 is 8.42 Å². The van der Waals surface area contributed by atoms with E-state index in [0.29, 0.717) is 16.2 Å². The van der Waals surface area contributed by atoms with Gasteiger partial charge in [0.25, 0.3) is 0 Å². The fraction of sp³-hybridized carbons (Fsp3) is 1.00. The maximum absolute atomic E-state index is 11.3. The second-order valence-electron chi connectivity index (χ2n) is 9.37. The zero-order valence-electron chi connectivity index (χ0n) is 13.8. The van der Waals surface area contributed by atoms with Crippen molar-refractivity contribution >= 4 is 9.84 Å². The molecule has 4 aliphatic rings. The van der Waals surface area contributed by atoms with Crippen LogP contribution in [0.4, 0.5) is 0 Å². The van der Waals surface area contributed by atoms with Gasteiger partial charge in [-0.25, -0.2) is 8.42 Å². The van der Waals surface area contributed by atoms with E-state index in [9.17, 15) is 8.42 Å². The van der Waals surface area contributed by atoms with Gasteiger partial charge in [-0.2, -0.15) is 0 Å². The first-order valence-electron chi connectivity index (χ1n) is 8.47. The average Bonchev–Trinajstić information content (AvgIpc) is 2.21. The van der Waals surface area contributed by atoms with Crippen LogP contribution in [0, 0.1) is 22.2 Å². The van der Waals surface area contributed by atoms with E-state index in [4.69, 9.17) is 5.73 Å². The predicted octanol–water partition coefficient (Wildman–Crippen LogP) is 3.14. The van der Waals surface area contributed by atoms with Crippen LogP contribution in [0.15, 0.2) is 0 Å². The lowest BCUT2D eigenvalue weighted by molar-refractivity contribution is -0.154. The molecule has 0 aromatic heterocycles. The lowest BCUT2D eigenvalue weighted by atomic mass is 9.39. The summed E-state index contributed by atoms with van der Waals surface area (Å²) in [6.45, 7) is 4.93. The normalized spacial score (nSPS) is 46.8. The topological polar surface area (TPSA) is 60.2 Å². The van der Waals surface area contributed by atoms with E-state index in [1.165, 1.54) is 44.8 Å². The molecule has 0 heterocycles. The molecule has 4 aliphatic carbocycles. The summed E-state index contributed by atoms with van der Waals surface area (Å²) in [6.07, 6.45) is 10.9. The van der Waals surface area contributed by atoms with Crippen molar-refractivity contribution in [1.29, 1.82) is 0 Å². The maximum atomic E-state index is 11.3. The van der Waals surface area contributed by atoms with Gasteiger partial charge in [-0.15, -0.1) is 0 Å². The Labute approximate surface area is 130 Å². The molecule has 0 spiro atoms. The van der Waals surface area contributed by atoms with Crippen LogP contribution in [0.3, 0.4) is 0 Å². The third-order valence-corrected chi connectivity index (χ3v) is 7.52. The fourth-order valence-corrected chi connectivity index (χ4v) is 7.51. The quantitative estimate of drug-likeness (QED) is 0.848. The Morgan fingerprint density at radius 2 is 1.67 bits per heavy atom. The van der Waals surface area contributed by atoms with Gasteiger partial charge in [0, 0.05) is 18.1 Å². The third kappa shape index (κ3) is 3.03. The Balaban J connectivity index is 1.72. The molecule has 3 atom stereocenters. The summed E-state index contributed by atoms with van der Waals surface area (Å²) in [5, 5.41) is 0. The van der Waals surface area contributed by atoms with E-state index < -0.39 is 9.84 Å². The molecule has 0 aromatic carbocycles. The van der Waals surface area contributed by atoms with Crippen molar-refractivity contribution in [2.24, 2.45) is 27.9 Å². The third-order valence-electron chi connectivity index (χ3n) is 6.49. The number of hydrogen-bond donors (Lipinski definition) is 1. The number of hydrogen-bond acceptors (Lipinski definition) is 3. The molecule has 122 valence electrons. The number of rotatable bonds is 5. The van der Waals surface area contributed by atoms with Crippen LogP contribution >= 0.6 is 0 Å². The van der Waals surface area contributed by atoms with Crippen LogP contribution < -0.4 is 5.73 Å². The van der Waals surface area contributed by atoms with E-state index in [1.807, 2.05) is 0 Å². The van der Waals surface area contributed by atoms with E-state index >= 15 is 0 Å². The first-order chi connectivity index (χ1) is 9.53. The van der Waals surface area contributed by atoms with Crippen LogP contribution in [0.1, 0.15) is 65.2 Å². The molecule has 21 heavy (non-hydrogen) atoms. The molecule has 0 amide bonds. The highest BCUT2D eigenvalue weighted by atomic mass is 32.2. The second-order valence-corrected chi connectivity index (χ2v) is 11.6. The highest BCUT2D eigenvalue weighted by Crippen LogP contribution is 2.70. The summed E-state index contributed by atoms with van der Waals surface area (Å²) >= 11 is 0. The predicted molar refractivity (Wildman–Crippen MR) is 86.8 cm³/mol. The van der Waals surface area contributed by atoms with Gasteiger partial charge in [0.15, 0.2) is 0 Å². The highest BCUT2D eigenvalue weighted by Gasteiger charge is 2.61. The van der Waals surface area contributed by atoms with Gasteiger partial charge in [-0.3, -0.25) is 0 Å². The Hall–Kier alpha value is -0.0900. The lowest BCUT2D eigenvalue weighted by Gasteiger charge is -2.67. The maximum Gasteiger partial charge on any atom is 0.147 e. The standard InChI is InChI=1S/C17H31NO2S/c1-15-7-13-8-16(2,10-15)12-17(9-13,11-15)14(18)5-4-6-21(3,19)20/h13-14H,4-12,18H2,1-3H3. The number of sulfone groups is 1. The van der Waals surface area contributed by atoms with Gasteiger partial charge in [0.1, 0.15) is 9.84 Å². The lowest BCUT2D eigenvalue weighted by Crippen LogP contribution is -2.60. The first kappa shape index (κ1) is 15.8. The largest absolute Gasteiger partial charge is 0.327 e. The van der Waals surface area contributed by atoms with E-state index in [0.717, 1.165) is 18.8 Å². The Bertz CT molecular complexity index is 509. The first-order valence-corrected chi connectivity index (χ1v) is 10.5. The Morgan fingerprint density at radius 1 is 1.10 bits per heavy atom. The fourth-order valence-electron chi connectivity index (χ4n) is 6.82. The van der Waals surface area contributed by atoms with Gasteiger partial charge < -0.3 is 5.73 Å². The highest BCUT2D eigenvalue weighted by molar-refractivity contribution is 7.90. The van der Waals surface area contributed by atoms with Crippen molar-refractivity contribution in [2.75, 3.05) is 12.0 Å². The average molecular weight is 314 g/mol. The molecule has 4 bridgehead atoms. The molecular formula is C17H31NO2S. The van der Waals surface area contributed by atoms with Crippen molar-refractivity contribution in [3.63, 3.8) is 0 Å². The minimum Gasteiger partial charge on any atom is -0.327 e. The van der Waals surface area contributed by atoms with Crippen molar-refractivity contribution in [1.82, 2.24) is 0 Å². The summed E-state index contributed by atoms with van der Waals surface area (Å²) in [5.41, 5.74) is 7.89. The van der Waals surface area contributed by atoms with Crippen molar-refractivity contribution in [2.45, 2.75) is 71.3 Å². The summed E-state index contributed by atoms with van der Waals surface area (Å²) in [5.74, 6) is 1.14. The Kier molecular flexibility index (Phi) is 3.54. The van der Waals surface area contributed by atoms with Gasteiger partial charge in [-0.05, 0) is 73.5 Å². The smallest absolute Gasteiger partial charge is 0.147 e. The van der Waals surface area contributed by atoms with E-state index in [2.05, 4.69) is 13.8 Å². The van der Waals surface area contributed by atoms with Gasteiger partial charge in [-0.1, -0.05) is 13.8 Å². The Morgan fingerprint density at radius 3 is 2.14 bits per heavy atom. The molecule has 0 aromatic rings. The summed E-state index contributed by atoms with van der Waals surface area (Å²) in [4.78, 5) is 0.